The predicted octanol–water partition coefficient (Wildman–Crippen LogP) is 1.55. The lowest BCUT2D eigenvalue weighted by Crippen LogP contribution is -2.65. The minimum atomic E-state index is -0.268. The molecule has 17 heavy (non-hydrogen) atoms. The zero-order valence-electron chi connectivity index (χ0n) is 9.64. The molecule has 2 rings (SSSR count). The third-order valence-corrected chi connectivity index (χ3v) is 4.27. The quantitative estimate of drug-likeness (QED) is 0.353. The molecule has 0 aliphatic carbocycles. The summed E-state index contributed by atoms with van der Waals surface area (Å²) in [6.07, 6.45) is 4.43. The summed E-state index contributed by atoms with van der Waals surface area (Å²) in [6.45, 7) is 0. The number of nitrogens with zero attached hydrogens (tertiary/aromatic N) is 1. The van der Waals surface area contributed by atoms with Crippen molar-refractivity contribution in [3.8, 4) is 0 Å². The Kier molecular flexibility index (Phi) is 4.24. The van der Waals surface area contributed by atoms with Crippen LogP contribution in [-0.4, -0.2) is 38.3 Å². The fraction of sp³-hybridized carbons (Fsp3) is 0.800. The van der Waals surface area contributed by atoms with Crippen molar-refractivity contribution in [3.05, 3.63) is 0 Å². The number of nitrogens with one attached hydrogen (secondary N) is 2. The highest BCUT2D eigenvalue weighted by atomic mass is 32.1. The van der Waals surface area contributed by atoms with E-state index in [1.54, 1.807) is 0 Å². The molecule has 2 unspecified atom stereocenters. The Balaban J connectivity index is 2.17. The van der Waals surface area contributed by atoms with Gasteiger partial charge in [-0.3, -0.25) is 0 Å². The molecule has 0 aromatic carbocycles. The first-order valence-electron chi connectivity index (χ1n) is 5.66. The third kappa shape index (κ3) is 3.07. The third-order valence-electron chi connectivity index (χ3n) is 3.85. The van der Waals surface area contributed by atoms with Crippen molar-refractivity contribution in [2.75, 3.05) is 7.05 Å². The summed E-state index contributed by atoms with van der Waals surface area (Å²) < 4.78 is 1.01. The van der Waals surface area contributed by atoms with Gasteiger partial charge in [-0.25, -0.2) is 0 Å². The maximum absolute atomic E-state index is 5.06. The molecule has 96 valence electrons. The molecule has 2 heterocycles. The lowest BCUT2D eigenvalue weighted by Gasteiger charge is -2.46. The van der Waals surface area contributed by atoms with Crippen LogP contribution in [0.4, 0.5) is 0 Å². The molecule has 2 aliphatic heterocycles. The van der Waals surface area contributed by atoms with Crippen molar-refractivity contribution in [3.63, 3.8) is 0 Å². The van der Waals surface area contributed by atoms with Crippen molar-refractivity contribution in [1.29, 1.82) is 0 Å². The molecule has 2 N–H and O–H groups in total. The van der Waals surface area contributed by atoms with Gasteiger partial charge in [0.2, 0.25) is 0 Å². The number of hydrogen-bond donors (Lipinski definition) is 4. The predicted molar refractivity (Wildman–Crippen MR) is 86.0 cm³/mol. The van der Waals surface area contributed by atoms with Crippen LogP contribution in [0.25, 0.3) is 0 Å². The molecule has 0 spiro atoms. The molecular weight excluding hydrogens is 290 g/mol. The van der Waals surface area contributed by atoms with Crippen LogP contribution < -0.4 is 10.6 Å². The average Bonchev–Trinajstić information content (AvgIpc) is 2.43. The average molecular weight is 308 g/mol. The topological polar surface area (TPSA) is 27.3 Å². The Bertz CT molecular complexity index is 314. The van der Waals surface area contributed by atoms with Gasteiger partial charge in [-0.2, -0.15) is 0 Å². The molecule has 7 heteroatoms. The van der Waals surface area contributed by atoms with Crippen molar-refractivity contribution in [2.24, 2.45) is 0 Å². The number of thiol groups is 2. The van der Waals surface area contributed by atoms with Crippen LogP contribution in [0, 0.1) is 0 Å². The van der Waals surface area contributed by atoms with Gasteiger partial charge in [0.1, 0.15) is 14.3 Å². The lowest BCUT2D eigenvalue weighted by atomic mass is 9.91. The highest BCUT2D eigenvalue weighted by Crippen LogP contribution is 2.38. The molecule has 0 aromatic heterocycles. The van der Waals surface area contributed by atoms with E-state index in [9.17, 15) is 0 Å². The van der Waals surface area contributed by atoms with E-state index < -0.39 is 0 Å². The minimum Gasteiger partial charge on any atom is -0.349 e. The second kappa shape index (κ2) is 5.21. The van der Waals surface area contributed by atoms with Crippen LogP contribution in [0.1, 0.15) is 25.7 Å². The van der Waals surface area contributed by atoms with Gasteiger partial charge >= 0.3 is 0 Å². The molecule has 2 fully saturated rings. The van der Waals surface area contributed by atoms with Gasteiger partial charge in [-0.1, -0.05) is 24.4 Å². The molecule has 2 bridgehead atoms. The Morgan fingerprint density at radius 2 is 1.53 bits per heavy atom. The maximum Gasteiger partial charge on any atom is 0.132 e. The van der Waals surface area contributed by atoms with E-state index in [2.05, 4.69) is 47.8 Å². The van der Waals surface area contributed by atoms with Crippen molar-refractivity contribution < 1.29 is 0 Å². The number of hydrogen-bond acceptors (Lipinski definition) is 3. The van der Waals surface area contributed by atoms with E-state index in [0.717, 1.165) is 12.8 Å². The lowest BCUT2D eigenvalue weighted by molar-refractivity contribution is 0.0952. The molecule has 2 saturated heterocycles. The Hall–Kier alpha value is 0.440. The second-order valence-electron chi connectivity index (χ2n) is 4.90. The van der Waals surface area contributed by atoms with Gasteiger partial charge in [-0.15, -0.1) is 25.3 Å². The molecular formula is C10H17N3S4. The summed E-state index contributed by atoms with van der Waals surface area (Å²) in [5.74, 6) is 0. The van der Waals surface area contributed by atoms with Gasteiger partial charge in [0.15, 0.2) is 0 Å². The maximum atomic E-state index is 5.06. The van der Waals surface area contributed by atoms with Crippen LogP contribution in [0.3, 0.4) is 0 Å². The summed E-state index contributed by atoms with van der Waals surface area (Å²) in [4.78, 5) is 2.46. The normalized spacial score (nSPS) is 31.0. The van der Waals surface area contributed by atoms with E-state index in [1.165, 1.54) is 12.8 Å². The van der Waals surface area contributed by atoms with E-state index in [4.69, 9.17) is 24.4 Å². The summed E-state index contributed by atoms with van der Waals surface area (Å²) in [5, 5.41) is 6.54. The Morgan fingerprint density at radius 3 is 1.88 bits per heavy atom. The highest BCUT2D eigenvalue weighted by molar-refractivity contribution is 8.11. The fourth-order valence-electron chi connectivity index (χ4n) is 3.11. The van der Waals surface area contributed by atoms with Gasteiger partial charge in [0, 0.05) is 24.9 Å². The molecule has 0 aromatic rings. The number of thiocarbonyl (C=S) groups is 2. The van der Waals surface area contributed by atoms with Crippen LogP contribution in [0.5, 0.6) is 0 Å². The molecule has 2 atom stereocenters. The van der Waals surface area contributed by atoms with Crippen LogP contribution in [0.2, 0.25) is 0 Å². The second-order valence-corrected chi connectivity index (χ2v) is 7.22. The van der Waals surface area contributed by atoms with E-state index in [0.29, 0.717) is 20.7 Å². The Morgan fingerprint density at radius 1 is 1.12 bits per heavy atom. The summed E-state index contributed by atoms with van der Waals surface area (Å²) in [5.41, 5.74) is -0.268. The van der Waals surface area contributed by atoms with E-state index in [1.807, 2.05) is 0 Å². The molecule has 0 radical (unpaired) electrons. The monoisotopic (exact) mass is 307 g/mol. The van der Waals surface area contributed by atoms with Crippen LogP contribution in [-0.2, 0) is 0 Å². The minimum absolute atomic E-state index is 0.268. The largest absolute Gasteiger partial charge is 0.349 e. The Labute approximate surface area is 124 Å². The van der Waals surface area contributed by atoms with Gasteiger partial charge in [-0.05, 0) is 19.9 Å². The smallest absolute Gasteiger partial charge is 0.132 e. The van der Waals surface area contributed by atoms with E-state index >= 15 is 0 Å². The zero-order valence-corrected chi connectivity index (χ0v) is 13.1. The van der Waals surface area contributed by atoms with Crippen molar-refractivity contribution in [2.45, 2.75) is 43.4 Å². The SMILES string of the molecule is CN1C2CCC1CC(NC(=S)S)(NC(=S)S)C2. The first-order valence-corrected chi connectivity index (χ1v) is 7.37. The van der Waals surface area contributed by atoms with Crippen LogP contribution >= 0.6 is 49.7 Å². The summed E-state index contributed by atoms with van der Waals surface area (Å²) in [6, 6.07) is 1.17. The van der Waals surface area contributed by atoms with Gasteiger partial charge in [0.25, 0.3) is 0 Å². The zero-order chi connectivity index (χ0) is 12.6. The van der Waals surface area contributed by atoms with Crippen molar-refractivity contribution >= 4 is 58.3 Å². The summed E-state index contributed by atoms with van der Waals surface area (Å²) >= 11 is 18.5. The number of rotatable bonds is 2. The first kappa shape index (κ1) is 13.9. The molecule has 3 nitrogen and oxygen atoms in total. The van der Waals surface area contributed by atoms with Crippen LogP contribution in [0.15, 0.2) is 0 Å². The summed E-state index contributed by atoms with van der Waals surface area (Å²) in [7, 11) is 2.20. The standard InChI is InChI=1S/C10H17N3S4/c1-13-6-2-3-7(13)5-10(4-6,11-8(14)15)12-9(16)17/h6-7H,2-5H2,1H3,(H2,11,14,15)(H2,12,16,17). The number of piperidine rings is 1. The fourth-order valence-corrected chi connectivity index (χ4v) is 3.93. The highest BCUT2D eigenvalue weighted by Gasteiger charge is 2.47. The van der Waals surface area contributed by atoms with Gasteiger partial charge < -0.3 is 15.5 Å². The molecule has 0 amide bonds. The van der Waals surface area contributed by atoms with E-state index in [-0.39, 0.29) is 5.66 Å². The molecule has 0 saturated carbocycles. The first-order chi connectivity index (χ1) is 7.92. The van der Waals surface area contributed by atoms with Gasteiger partial charge in [0.05, 0.1) is 0 Å². The molecule has 2 aliphatic rings. The van der Waals surface area contributed by atoms with Crippen molar-refractivity contribution in [1.82, 2.24) is 15.5 Å². The number of fused-ring (bicyclic) bond motifs is 2.